The van der Waals surface area contributed by atoms with Crippen LogP contribution in [-0.2, 0) is 11.3 Å². The lowest BCUT2D eigenvalue weighted by molar-refractivity contribution is -0.122. The third-order valence-corrected chi connectivity index (χ3v) is 4.73. The molecular weight excluding hydrogens is 349 g/mol. The summed E-state index contributed by atoms with van der Waals surface area (Å²) in [6.45, 7) is 1.27. The van der Waals surface area contributed by atoms with E-state index in [4.69, 9.17) is 0 Å². The van der Waals surface area contributed by atoms with Gasteiger partial charge >= 0.3 is 0 Å². The van der Waals surface area contributed by atoms with Gasteiger partial charge in [-0.3, -0.25) is 14.4 Å². The molecule has 0 unspecified atom stereocenters. The van der Waals surface area contributed by atoms with Crippen molar-refractivity contribution < 1.29 is 14.0 Å². The minimum atomic E-state index is -0.519. The van der Waals surface area contributed by atoms with E-state index < -0.39 is 5.82 Å². The third kappa shape index (κ3) is 4.81. The summed E-state index contributed by atoms with van der Waals surface area (Å²) in [7, 11) is 0. The molecule has 3 rings (SSSR count). The Morgan fingerprint density at radius 3 is 2.48 bits per heavy atom. The number of likely N-dealkylation sites (tertiary alicyclic amines) is 1. The molecule has 0 bridgehead atoms. The largest absolute Gasteiger partial charge is 0.353 e. The van der Waals surface area contributed by atoms with Crippen LogP contribution in [0.25, 0.3) is 0 Å². The Balaban J connectivity index is 1.46. The van der Waals surface area contributed by atoms with Gasteiger partial charge in [0.15, 0.2) is 0 Å². The number of aromatic nitrogens is 1. The lowest BCUT2D eigenvalue weighted by Crippen LogP contribution is -2.46. The van der Waals surface area contributed by atoms with Crippen molar-refractivity contribution in [3.63, 3.8) is 0 Å². The topological polar surface area (TPSA) is 71.4 Å². The van der Waals surface area contributed by atoms with Crippen LogP contribution in [0.5, 0.6) is 0 Å². The molecule has 6 nitrogen and oxygen atoms in total. The summed E-state index contributed by atoms with van der Waals surface area (Å²) in [6.07, 6.45) is 3.12. The Morgan fingerprint density at radius 2 is 1.78 bits per heavy atom. The van der Waals surface area contributed by atoms with Crippen LogP contribution in [0.1, 0.15) is 29.6 Å². The lowest BCUT2D eigenvalue weighted by Gasteiger charge is -2.32. The number of hydrogen-bond acceptors (Lipinski definition) is 3. The first-order valence-electron chi connectivity index (χ1n) is 9.03. The van der Waals surface area contributed by atoms with Crippen molar-refractivity contribution in [2.75, 3.05) is 13.1 Å². The Labute approximate surface area is 156 Å². The maximum atomic E-state index is 13.8. The van der Waals surface area contributed by atoms with Crippen molar-refractivity contribution in [2.24, 2.45) is 0 Å². The van der Waals surface area contributed by atoms with E-state index in [0.717, 1.165) is 0 Å². The van der Waals surface area contributed by atoms with Crippen molar-refractivity contribution in [1.29, 1.82) is 0 Å². The number of pyridine rings is 1. The molecule has 1 aliphatic heterocycles. The average molecular weight is 371 g/mol. The van der Waals surface area contributed by atoms with Crippen molar-refractivity contribution in [3.05, 3.63) is 70.4 Å². The van der Waals surface area contributed by atoms with Crippen molar-refractivity contribution in [2.45, 2.75) is 31.8 Å². The van der Waals surface area contributed by atoms with Crippen LogP contribution < -0.4 is 10.9 Å². The molecule has 0 radical (unpaired) electrons. The molecule has 1 fully saturated rings. The number of hydrogen-bond donors (Lipinski definition) is 1. The van der Waals surface area contributed by atoms with E-state index in [0.29, 0.717) is 32.5 Å². The first-order chi connectivity index (χ1) is 13.0. The van der Waals surface area contributed by atoms with E-state index >= 15 is 0 Å². The van der Waals surface area contributed by atoms with Gasteiger partial charge in [-0.05, 0) is 31.0 Å². The molecule has 27 heavy (non-hydrogen) atoms. The van der Waals surface area contributed by atoms with Crippen molar-refractivity contribution in [1.82, 2.24) is 14.8 Å². The highest BCUT2D eigenvalue weighted by Gasteiger charge is 2.25. The fourth-order valence-corrected chi connectivity index (χ4v) is 3.20. The van der Waals surface area contributed by atoms with Crippen LogP contribution in [0.4, 0.5) is 4.39 Å². The second-order valence-corrected chi connectivity index (χ2v) is 6.60. The minimum absolute atomic E-state index is 0.0188. The molecule has 0 saturated carbocycles. The zero-order chi connectivity index (χ0) is 19.2. The van der Waals surface area contributed by atoms with Gasteiger partial charge in [0, 0.05) is 44.4 Å². The highest BCUT2D eigenvalue weighted by molar-refractivity contribution is 5.94. The second kappa shape index (κ2) is 8.62. The Kier molecular flexibility index (Phi) is 6.01. The standard InChI is InChI=1S/C20H22FN3O3/c21-17-6-2-1-5-16(17)20(27)24-12-8-15(9-13-24)22-18(25)10-14-23-11-4-3-7-19(23)26/h1-7,11,15H,8-10,12-14H2,(H,22,25). The highest BCUT2D eigenvalue weighted by atomic mass is 19.1. The molecule has 0 aliphatic carbocycles. The number of piperidine rings is 1. The van der Waals surface area contributed by atoms with Gasteiger partial charge in [0.2, 0.25) is 5.91 Å². The molecule has 0 atom stereocenters. The molecule has 2 heterocycles. The van der Waals surface area contributed by atoms with Gasteiger partial charge < -0.3 is 14.8 Å². The maximum Gasteiger partial charge on any atom is 0.256 e. The lowest BCUT2D eigenvalue weighted by atomic mass is 10.0. The summed E-state index contributed by atoms with van der Waals surface area (Å²) >= 11 is 0. The molecule has 1 saturated heterocycles. The normalized spacial score (nSPS) is 14.8. The smallest absolute Gasteiger partial charge is 0.256 e. The molecule has 1 N–H and O–H groups in total. The number of carbonyl (C=O) groups is 2. The molecule has 2 amide bonds. The number of benzene rings is 1. The van der Waals surface area contributed by atoms with Crippen LogP contribution in [0.15, 0.2) is 53.5 Å². The fraction of sp³-hybridized carbons (Fsp3) is 0.350. The zero-order valence-electron chi connectivity index (χ0n) is 14.9. The maximum absolute atomic E-state index is 13.8. The van der Waals surface area contributed by atoms with Crippen LogP contribution >= 0.6 is 0 Å². The molecule has 1 aromatic heterocycles. The number of rotatable bonds is 5. The van der Waals surface area contributed by atoms with Gasteiger partial charge in [0.1, 0.15) is 5.82 Å². The molecule has 142 valence electrons. The number of amides is 2. The summed E-state index contributed by atoms with van der Waals surface area (Å²) in [5.41, 5.74) is -0.0569. The Bertz CT molecular complexity index is 873. The number of nitrogens with one attached hydrogen (secondary N) is 1. The molecule has 2 aromatic rings. The number of nitrogens with zero attached hydrogens (tertiary/aromatic N) is 2. The SMILES string of the molecule is O=C(CCn1ccccc1=O)NC1CCN(C(=O)c2ccccc2F)CC1. The summed E-state index contributed by atoms with van der Waals surface area (Å²) in [6, 6.07) is 10.8. The van der Waals surface area contributed by atoms with Gasteiger partial charge in [-0.2, -0.15) is 0 Å². The molecule has 1 aromatic carbocycles. The van der Waals surface area contributed by atoms with E-state index in [1.807, 2.05) is 0 Å². The summed E-state index contributed by atoms with van der Waals surface area (Å²) in [5, 5.41) is 2.95. The molecule has 7 heteroatoms. The van der Waals surface area contributed by atoms with Crippen LogP contribution in [0, 0.1) is 5.82 Å². The van der Waals surface area contributed by atoms with E-state index in [-0.39, 0.29) is 35.4 Å². The first-order valence-corrected chi connectivity index (χ1v) is 9.03. The monoisotopic (exact) mass is 371 g/mol. The Hall–Kier alpha value is -2.96. The predicted octanol–water partition coefficient (Wildman–Crippen LogP) is 1.80. The minimum Gasteiger partial charge on any atom is -0.353 e. The van der Waals surface area contributed by atoms with Gasteiger partial charge in [0.25, 0.3) is 11.5 Å². The fourth-order valence-electron chi connectivity index (χ4n) is 3.20. The van der Waals surface area contributed by atoms with Crippen LogP contribution in [0.3, 0.4) is 0 Å². The summed E-state index contributed by atoms with van der Waals surface area (Å²) in [5.74, 6) is -0.958. The van der Waals surface area contributed by atoms with E-state index in [1.165, 1.54) is 22.8 Å². The molecular formula is C20H22FN3O3. The van der Waals surface area contributed by atoms with E-state index in [1.54, 1.807) is 35.4 Å². The molecule has 1 aliphatic rings. The number of halogens is 1. The van der Waals surface area contributed by atoms with E-state index in [9.17, 15) is 18.8 Å². The van der Waals surface area contributed by atoms with Gasteiger partial charge in [0.05, 0.1) is 5.56 Å². The first kappa shape index (κ1) is 18.8. The third-order valence-electron chi connectivity index (χ3n) is 4.73. The Morgan fingerprint density at radius 1 is 1.07 bits per heavy atom. The van der Waals surface area contributed by atoms with Crippen LogP contribution in [-0.4, -0.2) is 40.4 Å². The summed E-state index contributed by atoms with van der Waals surface area (Å²) in [4.78, 5) is 37.8. The van der Waals surface area contributed by atoms with Gasteiger partial charge in [-0.25, -0.2) is 4.39 Å². The average Bonchev–Trinajstić information content (AvgIpc) is 2.68. The number of aryl methyl sites for hydroxylation is 1. The van der Waals surface area contributed by atoms with Gasteiger partial charge in [-0.1, -0.05) is 18.2 Å². The summed E-state index contributed by atoms with van der Waals surface area (Å²) < 4.78 is 15.3. The van der Waals surface area contributed by atoms with Crippen molar-refractivity contribution in [3.8, 4) is 0 Å². The predicted molar refractivity (Wildman–Crippen MR) is 98.8 cm³/mol. The van der Waals surface area contributed by atoms with Gasteiger partial charge in [-0.15, -0.1) is 0 Å². The molecule has 0 spiro atoms. The van der Waals surface area contributed by atoms with Crippen LogP contribution in [0.2, 0.25) is 0 Å². The van der Waals surface area contributed by atoms with Crippen molar-refractivity contribution >= 4 is 11.8 Å². The second-order valence-electron chi connectivity index (χ2n) is 6.60. The highest BCUT2D eigenvalue weighted by Crippen LogP contribution is 2.16. The number of carbonyl (C=O) groups excluding carboxylic acids is 2. The van der Waals surface area contributed by atoms with E-state index in [2.05, 4.69) is 5.32 Å². The zero-order valence-corrected chi connectivity index (χ0v) is 14.9. The quantitative estimate of drug-likeness (QED) is 0.871.